The zero-order valence-electron chi connectivity index (χ0n) is 39.9. The Balaban J connectivity index is 1.07. The molecule has 8 aromatic rings. The number of halogens is 2. The molecule has 0 radical (unpaired) electrons. The number of unbranched alkanes of at least 4 members (excludes halogenated alkanes) is 14. The summed E-state index contributed by atoms with van der Waals surface area (Å²) in [5, 5.41) is 3.99. The molecule has 67 heavy (non-hydrogen) atoms. The third-order valence-electron chi connectivity index (χ3n) is 14.7. The van der Waals surface area contributed by atoms with Crippen molar-refractivity contribution in [1.82, 2.24) is 4.57 Å². The smallest absolute Gasteiger partial charge is 0.0547 e. The van der Waals surface area contributed by atoms with E-state index in [1.54, 1.807) is 11.1 Å². The van der Waals surface area contributed by atoms with Gasteiger partial charge in [-0.3, -0.25) is 0 Å². The molecule has 9 rings (SSSR count). The monoisotopic (exact) mass is 922 g/mol. The lowest BCUT2D eigenvalue weighted by Gasteiger charge is -2.33. The topological polar surface area (TPSA) is 8.17 Å². The van der Waals surface area contributed by atoms with Gasteiger partial charge in [-0.05, 0) is 131 Å². The number of fused-ring (bicyclic) bond motifs is 6. The maximum Gasteiger partial charge on any atom is 0.0547 e. The average molecular weight is 924 g/mol. The van der Waals surface area contributed by atoms with Gasteiger partial charge < -0.3 is 9.47 Å². The zero-order chi connectivity index (χ0) is 46.0. The first kappa shape index (κ1) is 46.8. The van der Waals surface area contributed by atoms with E-state index in [2.05, 4.69) is 157 Å². The first-order valence-corrected chi connectivity index (χ1v) is 26.4. The molecule has 344 valence electrons. The Morgan fingerprint density at radius 2 is 0.881 bits per heavy atom. The number of rotatable bonds is 23. The normalized spacial score (nSPS) is 12.8. The van der Waals surface area contributed by atoms with Crippen molar-refractivity contribution in [3.8, 4) is 27.9 Å². The molecule has 1 aliphatic carbocycles. The lowest BCUT2D eigenvalue weighted by atomic mass is 9.70. The van der Waals surface area contributed by atoms with Gasteiger partial charge in [0.25, 0.3) is 0 Å². The fraction of sp³-hybridized carbons (Fsp3) is 0.333. The standard InChI is InChI=1S/C63H68Cl2N2/c1-3-5-7-9-11-13-15-21-43-63(44-22-16-14-12-10-8-6-4-2)59-25-19-17-23-55(59)56-42-40-54(46-60(56)63)67-61-26-20-18-24-57(61)58-41-29-48(45-62(58)67)47-27-34-51(35-28-47)66(52-36-30-49(64)31-37-52)53-38-32-50(65)33-39-53/h17-20,23-42,45-46H,3-16,21-22,43-44H2,1-2H3. The first-order valence-electron chi connectivity index (χ1n) is 25.7. The third-order valence-corrected chi connectivity index (χ3v) is 15.2. The van der Waals surface area contributed by atoms with Gasteiger partial charge in [-0.15, -0.1) is 0 Å². The summed E-state index contributed by atoms with van der Waals surface area (Å²) in [6, 6.07) is 57.9. The molecule has 0 amide bonds. The van der Waals surface area contributed by atoms with E-state index in [9.17, 15) is 0 Å². The molecule has 1 aliphatic rings. The van der Waals surface area contributed by atoms with Crippen molar-refractivity contribution in [3.05, 3.63) is 179 Å². The highest BCUT2D eigenvalue weighted by Gasteiger charge is 2.42. The van der Waals surface area contributed by atoms with Crippen LogP contribution in [-0.2, 0) is 5.41 Å². The maximum absolute atomic E-state index is 6.34. The van der Waals surface area contributed by atoms with Crippen molar-refractivity contribution in [3.63, 3.8) is 0 Å². The van der Waals surface area contributed by atoms with Crippen LogP contribution in [0.4, 0.5) is 17.1 Å². The van der Waals surface area contributed by atoms with Gasteiger partial charge in [0.1, 0.15) is 0 Å². The molecule has 0 aliphatic heterocycles. The lowest BCUT2D eigenvalue weighted by molar-refractivity contribution is 0.397. The number of nitrogens with zero attached hydrogens (tertiary/aromatic N) is 2. The molecule has 0 bridgehead atoms. The summed E-state index contributed by atoms with van der Waals surface area (Å²) in [4.78, 5) is 2.24. The van der Waals surface area contributed by atoms with Crippen LogP contribution in [0, 0.1) is 0 Å². The molecule has 0 unspecified atom stereocenters. The van der Waals surface area contributed by atoms with Gasteiger partial charge in [0, 0.05) is 49.0 Å². The molecular formula is C63H68Cl2N2. The van der Waals surface area contributed by atoms with E-state index in [1.807, 2.05) is 24.3 Å². The number of anilines is 3. The van der Waals surface area contributed by atoms with E-state index in [0.29, 0.717) is 10.0 Å². The largest absolute Gasteiger partial charge is 0.311 e. The predicted octanol–water partition coefficient (Wildman–Crippen LogP) is 20.6. The molecule has 1 heterocycles. The van der Waals surface area contributed by atoms with Crippen LogP contribution in [0.25, 0.3) is 49.7 Å². The fourth-order valence-electron chi connectivity index (χ4n) is 11.2. The molecular weight excluding hydrogens is 856 g/mol. The second-order valence-electron chi connectivity index (χ2n) is 19.2. The summed E-state index contributed by atoms with van der Waals surface area (Å²) in [7, 11) is 0. The summed E-state index contributed by atoms with van der Waals surface area (Å²) < 4.78 is 2.55. The highest BCUT2D eigenvalue weighted by atomic mass is 35.5. The highest BCUT2D eigenvalue weighted by molar-refractivity contribution is 6.31. The minimum absolute atomic E-state index is 0.0178. The summed E-state index contributed by atoms with van der Waals surface area (Å²) in [6.45, 7) is 4.63. The molecule has 4 heteroatoms. The van der Waals surface area contributed by atoms with Gasteiger partial charge in [0.05, 0.1) is 11.0 Å². The Labute approximate surface area is 411 Å². The molecule has 0 saturated carbocycles. The summed E-state index contributed by atoms with van der Waals surface area (Å²) in [6.07, 6.45) is 23.9. The van der Waals surface area contributed by atoms with Gasteiger partial charge in [-0.1, -0.05) is 213 Å². The van der Waals surface area contributed by atoms with Crippen LogP contribution in [0.3, 0.4) is 0 Å². The van der Waals surface area contributed by atoms with Gasteiger partial charge >= 0.3 is 0 Å². The number of hydrogen-bond donors (Lipinski definition) is 0. The maximum atomic E-state index is 6.34. The Hall–Kier alpha value is -5.28. The minimum Gasteiger partial charge on any atom is -0.311 e. The number of aromatic nitrogens is 1. The minimum atomic E-state index is 0.0178. The molecule has 0 spiro atoms. The Morgan fingerprint density at radius 1 is 0.403 bits per heavy atom. The molecule has 0 fully saturated rings. The third kappa shape index (κ3) is 10.3. The van der Waals surface area contributed by atoms with Crippen LogP contribution in [0.1, 0.15) is 141 Å². The van der Waals surface area contributed by atoms with Crippen molar-refractivity contribution in [2.24, 2.45) is 0 Å². The summed E-state index contributed by atoms with van der Waals surface area (Å²) >= 11 is 12.7. The Kier molecular flexibility index (Phi) is 15.5. The predicted molar refractivity (Wildman–Crippen MR) is 292 cm³/mol. The lowest BCUT2D eigenvalue weighted by Crippen LogP contribution is -2.25. The van der Waals surface area contributed by atoms with E-state index in [4.69, 9.17) is 23.2 Å². The second-order valence-corrected chi connectivity index (χ2v) is 20.1. The molecule has 0 N–H and O–H groups in total. The van der Waals surface area contributed by atoms with Crippen LogP contribution in [0.15, 0.2) is 158 Å². The Morgan fingerprint density at radius 3 is 1.48 bits per heavy atom. The average Bonchev–Trinajstić information content (AvgIpc) is 3.84. The fourth-order valence-corrected chi connectivity index (χ4v) is 11.5. The van der Waals surface area contributed by atoms with Crippen LogP contribution in [0.2, 0.25) is 10.0 Å². The van der Waals surface area contributed by atoms with Gasteiger partial charge in [-0.25, -0.2) is 0 Å². The van der Waals surface area contributed by atoms with Crippen molar-refractivity contribution in [2.75, 3.05) is 4.90 Å². The van der Waals surface area contributed by atoms with Crippen molar-refractivity contribution in [2.45, 2.75) is 135 Å². The quantitative estimate of drug-likeness (QED) is 0.0581. The van der Waals surface area contributed by atoms with E-state index >= 15 is 0 Å². The van der Waals surface area contributed by atoms with E-state index in [-0.39, 0.29) is 5.41 Å². The van der Waals surface area contributed by atoms with Crippen molar-refractivity contribution >= 4 is 62.1 Å². The van der Waals surface area contributed by atoms with Crippen LogP contribution in [0.5, 0.6) is 0 Å². The van der Waals surface area contributed by atoms with Gasteiger partial charge in [0.15, 0.2) is 0 Å². The highest BCUT2D eigenvalue weighted by Crippen LogP contribution is 2.55. The van der Waals surface area contributed by atoms with Crippen molar-refractivity contribution in [1.29, 1.82) is 0 Å². The van der Waals surface area contributed by atoms with Crippen molar-refractivity contribution < 1.29 is 0 Å². The van der Waals surface area contributed by atoms with Gasteiger partial charge in [-0.2, -0.15) is 0 Å². The van der Waals surface area contributed by atoms with Crippen LogP contribution >= 0.6 is 23.2 Å². The first-order chi connectivity index (χ1) is 33.0. The molecule has 2 nitrogen and oxygen atoms in total. The van der Waals surface area contributed by atoms with E-state index in [0.717, 1.165) is 17.1 Å². The van der Waals surface area contributed by atoms with E-state index in [1.165, 1.54) is 165 Å². The second kappa shape index (κ2) is 22.2. The zero-order valence-corrected chi connectivity index (χ0v) is 41.4. The molecule has 1 aromatic heterocycles. The molecule has 7 aromatic carbocycles. The number of benzene rings is 7. The van der Waals surface area contributed by atoms with E-state index < -0.39 is 0 Å². The van der Waals surface area contributed by atoms with Crippen LogP contribution < -0.4 is 4.90 Å². The van der Waals surface area contributed by atoms with Crippen LogP contribution in [-0.4, -0.2) is 4.57 Å². The summed E-state index contributed by atoms with van der Waals surface area (Å²) in [5.41, 5.74) is 15.2. The molecule has 0 saturated heterocycles. The molecule has 0 atom stereocenters. The summed E-state index contributed by atoms with van der Waals surface area (Å²) in [5.74, 6) is 0. The SMILES string of the molecule is CCCCCCCCCCC1(CCCCCCCCCC)c2ccccc2-c2ccc(-n3c4ccccc4c4ccc(-c5ccc(N(c6ccc(Cl)cc6)c6ccc(Cl)cc6)cc5)cc43)cc21. The Bertz CT molecular complexity index is 2790. The van der Waals surface area contributed by atoms with Gasteiger partial charge in [0.2, 0.25) is 0 Å². The number of para-hydroxylation sites is 1. The number of hydrogen-bond acceptors (Lipinski definition) is 1.